The second-order valence-corrected chi connectivity index (χ2v) is 4.05. The quantitative estimate of drug-likeness (QED) is 0.633. The Labute approximate surface area is 88.2 Å². The number of aromatic nitrogens is 6. The molecule has 0 saturated carbocycles. The van der Waals surface area contributed by atoms with E-state index >= 15 is 0 Å². The van der Waals surface area contributed by atoms with E-state index < -0.39 is 0 Å². The minimum atomic E-state index is 0.477. The lowest BCUT2D eigenvalue weighted by molar-refractivity contribution is 0.768. The van der Waals surface area contributed by atoms with Crippen LogP contribution in [-0.4, -0.2) is 29.6 Å². The maximum Gasteiger partial charge on any atom is 0.236 e. The molecule has 0 saturated heterocycles. The molecule has 0 aliphatic heterocycles. The average molecular weight is 221 g/mol. The highest BCUT2D eigenvalue weighted by Gasteiger charge is 2.12. The summed E-state index contributed by atoms with van der Waals surface area (Å²) in [5.41, 5.74) is 6.46. The highest BCUT2D eigenvalue weighted by atomic mass is 32.1. The van der Waals surface area contributed by atoms with Gasteiger partial charge in [0, 0.05) is 13.2 Å². The lowest BCUT2D eigenvalue weighted by atomic mass is 10.3. The number of hydrogen-bond donors (Lipinski definition) is 1. The molecule has 3 heterocycles. The van der Waals surface area contributed by atoms with Gasteiger partial charge in [-0.3, -0.25) is 4.68 Å². The zero-order valence-electron chi connectivity index (χ0n) is 7.82. The van der Waals surface area contributed by atoms with Crippen molar-refractivity contribution in [1.29, 1.82) is 0 Å². The van der Waals surface area contributed by atoms with Gasteiger partial charge in [0.2, 0.25) is 10.1 Å². The SMILES string of the molecule is Cn1cc(-c2nnc3sc(N)nn23)cn1. The van der Waals surface area contributed by atoms with E-state index in [9.17, 15) is 0 Å². The molecule has 15 heavy (non-hydrogen) atoms. The van der Waals surface area contributed by atoms with Gasteiger partial charge in [0.1, 0.15) is 0 Å². The summed E-state index contributed by atoms with van der Waals surface area (Å²) in [7, 11) is 1.84. The molecule has 0 aromatic carbocycles. The van der Waals surface area contributed by atoms with E-state index in [1.165, 1.54) is 11.3 Å². The fourth-order valence-corrected chi connectivity index (χ4v) is 1.95. The minimum Gasteiger partial charge on any atom is -0.374 e. The van der Waals surface area contributed by atoms with Gasteiger partial charge in [-0.25, -0.2) is 0 Å². The molecule has 3 aromatic heterocycles. The molecule has 0 fully saturated rings. The van der Waals surface area contributed by atoms with Crippen LogP contribution in [0.4, 0.5) is 5.13 Å². The summed E-state index contributed by atoms with van der Waals surface area (Å²) >= 11 is 1.30. The predicted molar refractivity (Wildman–Crippen MR) is 55.3 cm³/mol. The van der Waals surface area contributed by atoms with Crippen molar-refractivity contribution in [3.8, 4) is 11.4 Å². The molecule has 0 bridgehead atoms. The van der Waals surface area contributed by atoms with Gasteiger partial charge in [0.25, 0.3) is 0 Å². The molecule has 7 nitrogen and oxygen atoms in total. The largest absolute Gasteiger partial charge is 0.374 e. The molecule has 0 unspecified atom stereocenters. The second-order valence-electron chi connectivity index (χ2n) is 3.06. The van der Waals surface area contributed by atoms with Gasteiger partial charge in [-0.15, -0.1) is 15.3 Å². The third kappa shape index (κ3) is 1.18. The van der Waals surface area contributed by atoms with Crippen LogP contribution in [0.2, 0.25) is 0 Å². The molecule has 0 atom stereocenters. The summed E-state index contributed by atoms with van der Waals surface area (Å²) in [6.45, 7) is 0. The number of nitrogens with two attached hydrogens (primary N) is 1. The lowest BCUT2D eigenvalue weighted by Crippen LogP contribution is -1.91. The van der Waals surface area contributed by atoms with Gasteiger partial charge < -0.3 is 5.73 Å². The van der Waals surface area contributed by atoms with E-state index in [0.717, 1.165) is 5.56 Å². The first-order chi connectivity index (χ1) is 7.24. The van der Waals surface area contributed by atoms with Crippen LogP contribution >= 0.6 is 11.3 Å². The third-order valence-electron chi connectivity index (χ3n) is 1.97. The van der Waals surface area contributed by atoms with E-state index in [-0.39, 0.29) is 0 Å². The van der Waals surface area contributed by atoms with Crippen LogP contribution < -0.4 is 5.73 Å². The van der Waals surface area contributed by atoms with Crippen molar-refractivity contribution < 1.29 is 0 Å². The van der Waals surface area contributed by atoms with Crippen LogP contribution in [0, 0.1) is 0 Å². The Morgan fingerprint density at radius 2 is 2.27 bits per heavy atom. The van der Waals surface area contributed by atoms with Crippen LogP contribution in [0.5, 0.6) is 0 Å². The number of nitrogens with zero attached hydrogens (tertiary/aromatic N) is 6. The highest BCUT2D eigenvalue weighted by molar-refractivity contribution is 7.20. The summed E-state index contributed by atoms with van der Waals surface area (Å²) in [5, 5.41) is 16.7. The Kier molecular flexibility index (Phi) is 1.54. The smallest absolute Gasteiger partial charge is 0.236 e. The summed E-state index contributed by atoms with van der Waals surface area (Å²) < 4.78 is 3.32. The number of anilines is 1. The first kappa shape index (κ1) is 8.36. The van der Waals surface area contributed by atoms with E-state index in [1.54, 1.807) is 15.4 Å². The highest BCUT2D eigenvalue weighted by Crippen LogP contribution is 2.21. The van der Waals surface area contributed by atoms with Crippen LogP contribution in [0.25, 0.3) is 16.3 Å². The van der Waals surface area contributed by atoms with Crippen molar-refractivity contribution in [2.75, 3.05) is 5.73 Å². The maximum absolute atomic E-state index is 5.59. The van der Waals surface area contributed by atoms with E-state index in [4.69, 9.17) is 5.73 Å². The molecule has 0 spiro atoms. The maximum atomic E-state index is 5.59. The molecule has 3 rings (SSSR count). The van der Waals surface area contributed by atoms with Crippen molar-refractivity contribution in [2.24, 2.45) is 7.05 Å². The normalized spacial score (nSPS) is 11.3. The fraction of sp³-hybridized carbons (Fsp3) is 0.143. The zero-order chi connectivity index (χ0) is 10.4. The summed E-state index contributed by atoms with van der Waals surface area (Å²) in [4.78, 5) is 0.686. The fourth-order valence-electron chi connectivity index (χ4n) is 1.35. The molecular formula is C7H7N7S. The van der Waals surface area contributed by atoms with E-state index in [1.807, 2.05) is 13.2 Å². The van der Waals surface area contributed by atoms with Crippen molar-refractivity contribution in [2.45, 2.75) is 0 Å². The number of nitrogen functional groups attached to an aromatic ring is 1. The molecule has 3 aromatic rings. The Morgan fingerprint density at radius 1 is 1.40 bits per heavy atom. The Hall–Kier alpha value is -1.96. The average Bonchev–Trinajstić information content (AvgIpc) is 2.80. The van der Waals surface area contributed by atoms with Gasteiger partial charge in [0.15, 0.2) is 5.82 Å². The minimum absolute atomic E-state index is 0.477. The predicted octanol–water partition coefficient (Wildman–Crippen LogP) is 0.168. The molecular weight excluding hydrogens is 214 g/mol. The van der Waals surface area contributed by atoms with Gasteiger partial charge in [-0.1, -0.05) is 11.3 Å². The monoisotopic (exact) mass is 221 g/mol. The van der Waals surface area contributed by atoms with Crippen molar-refractivity contribution in [3.05, 3.63) is 12.4 Å². The van der Waals surface area contributed by atoms with Crippen molar-refractivity contribution >= 4 is 21.4 Å². The molecule has 0 aliphatic carbocycles. The second kappa shape index (κ2) is 2.76. The van der Waals surface area contributed by atoms with E-state index in [0.29, 0.717) is 15.9 Å². The Bertz CT molecular complexity index is 618. The molecule has 8 heteroatoms. The zero-order valence-corrected chi connectivity index (χ0v) is 8.64. The lowest BCUT2D eigenvalue weighted by Gasteiger charge is -1.88. The van der Waals surface area contributed by atoms with Crippen molar-refractivity contribution in [1.82, 2.24) is 29.6 Å². The number of aryl methyl sites for hydroxylation is 1. The first-order valence-corrected chi connectivity index (χ1v) is 5.02. The Balaban J connectivity index is 2.26. The van der Waals surface area contributed by atoms with Gasteiger partial charge in [0.05, 0.1) is 11.8 Å². The van der Waals surface area contributed by atoms with Gasteiger partial charge >= 0.3 is 0 Å². The summed E-state index contributed by atoms with van der Waals surface area (Å²) in [6.07, 6.45) is 3.57. The number of fused-ring (bicyclic) bond motifs is 1. The molecule has 0 amide bonds. The van der Waals surface area contributed by atoms with Gasteiger partial charge in [-0.05, 0) is 0 Å². The molecule has 76 valence electrons. The first-order valence-electron chi connectivity index (χ1n) is 4.21. The summed E-state index contributed by atoms with van der Waals surface area (Å²) in [6, 6.07) is 0. The molecule has 0 aliphatic rings. The standard InChI is InChI=1S/C7H7N7S/c1-13-3-4(2-9-13)5-10-11-7-14(5)12-6(8)15-7/h2-3H,1H3,(H2,8,12). The number of rotatable bonds is 1. The van der Waals surface area contributed by atoms with Crippen LogP contribution in [0.15, 0.2) is 12.4 Å². The van der Waals surface area contributed by atoms with Crippen LogP contribution in [0.1, 0.15) is 0 Å². The molecule has 0 radical (unpaired) electrons. The van der Waals surface area contributed by atoms with Gasteiger partial charge in [-0.2, -0.15) is 9.61 Å². The van der Waals surface area contributed by atoms with Crippen LogP contribution in [0.3, 0.4) is 0 Å². The summed E-state index contributed by atoms with van der Waals surface area (Å²) in [5.74, 6) is 0.658. The molecule has 2 N–H and O–H groups in total. The Morgan fingerprint density at radius 3 is 3.00 bits per heavy atom. The van der Waals surface area contributed by atoms with Crippen LogP contribution in [-0.2, 0) is 7.05 Å². The van der Waals surface area contributed by atoms with E-state index in [2.05, 4.69) is 20.4 Å². The third-order valence-corrected chi connectivity index (χ3v) is 2.70. The van der Waals surface area contributed by atoms with Crippen molar-refractivity contribution in [3.63, 3.8) is 0 Å². The number of hydrogen-bond acceptors (Lipinski definition) is 6. The topological polar surface area (TPSA) is 86.9 Å².